The summed E-state index contributed by atoms with van der Waals surface area (Å²) in [6.45, 7) is 6.16. The van der Waals surface area contributed by atoms with Gasteiger partial charge in [-0.2, -0.15) is 0 Å². The van der Waals surface area contributed by atoms with Crippen molar-refractivity contribution < 1.29 is 0 Å². The summed E-state index contributed by atoms with van der Waals surface area (Å²) in [4.78, 5) is 16.3. The molecule has 5 nitrogen and oxygen atoms in total. The Balaban J connectivity index is 1.91. The summed E-state index contributed by atoms with van der Waals surface area (Å²) in [6, 6.07) is 8.05. The van der Waals surface area contributed by atoms with Crippen molar-refractivity contribution >= 4 is 5.82 Å². The van der Waals surface area contributed by atoms with Crippen LogP contribution in [0.1, 0.15) is 37.0 Å². The highest BCUT2D eigenvalue weighted by atomic mass is 15.3. The van der Waals surface area contributed by atoms with Crippen LogP contribution in [-0.2, 0) is 12.1 Å². The Morgan fingerprint density at radius 2 is 2.18 bits per heavy atom. The topological polar surface area (TPSA) is 53.9 Å². The lowest BCUT2D eigenvalue weighted by atomic mass is 9.97. The molecule has 0 amide bonds. The molecule has 0 aliphatic carbocycles. The first-order chi connectivity index (χ1) is 10.6. The zero-order valence-electron chi connectivity index (χ0n) is 13.5. The van der Waals surface area contributed by atoms with Gasteiger partial charge in [0.2, 0.25) is 0 Å². The van der Waals surface area contributed by atoms with Gasteiger partial charge in [0.05, 0.1) is 11.2 Å². The highest BCUT2D eigenvalue weighted by Gasteiger charge is 2.40. The second kappa shape index (κ2) is 6.01. The zero-order valence-corrected chi connectivity index (χ0v) is 13.5. The normalized spacial score (nSPS) is 22.0. The monoisotopic (exact) mass is 297 g/mol. The third kappa shape index (κ3) is 2.81. The lowest BCUT2D eigenvalue weighted by Crippen LogP contribution is -2.40. The number of aryl methyl sites for hydroxylation is 1. The Kier molecular flexibility index (Phi) is 4.07. The van der Waals surface area contributed by atoms with Crippen LogP contribution in [0.15, 0.2) is 30.5 Å². The molecule has 1 atom stereocenters. The number of nitrogens with zero attached hydrogens (tertiary/aromatic N) is 4. The van der Waals surface area contributed by atoms with E-state index < -0.39 is 0 Å². The van der Waals surface area contributed by atoms with Crippen molar-refractivity contribution in [2.24, 2.45) is 0 Å². The van der Waals surface area contributed by atoms with Crippen LogP contribution in [-0.4, -0.2) is 33.4 Å². The van der Waals surface area contributed by atoms with Gasteiger partial charge in [-0.3, -0.25) is 9.88 Å². The highest BCUT2D eigenvalue weighted by Crippen LogP contribution is 2.38. The zero-order chi connectivity index (χ0) is 15.6. The summed E-state index contributed by atoms with van der Waals surface area (Å²) in [5, 5.41) is 3.13. The highest BCUT2D eigenvalue weighted by molar-refractivity contribution is 5.36. The molecule has 1 aliphatic rings. The predicted molar refractivity (Wildman–Crippen MR) is 87.5 cm³/mol. The van der Waals surface area contributed by atoms with E-state index >= 15 is 0 Å². The minimum Gasteiger partial charge on any atom is -0.373 e. The van der Waals surface area contributed by atoms with Crippen LogP contribution in [0.2, 0.25) is 0 Å². The number of pyridine rings is 1. The molecule has 0 bridgehead atoms. The molecule has 0 radical (unpaired) electrons. The van der Waals surface area contributed by atoms with Gasteiger partial charge in [-0.05, 0) is 45.4 Å². The van der Waals surface area contributed by atoms with Crippen molar-refractivity contribution in [2.45, 2.75) is 38.8 Å². The van der Waals surface area contributed by atoms with Crippen molar-refractivity contribution in [3.05, 3.63) is 47.7 Å². The summed E-state index contributed by atoms with van der Waals surface area (Å²) in [7, 11) is 1.90. The average Bonchev–Trinajstić information content (AvgIpc) is 2.90. The van der Waals surface area contributed by atoms with E-state index in [1.807, 2.05) is 38.4 Å². The van der Waals surface area contributed by atoms with E-state index in [1.165, 1.54) is 0 Å². The fourth-order valence-corrected chi connectivity index (χ4v) is 3.15. The summed E-state index contributed by atoms with van der Waals surface area (Å²) >= 11 is 0. The van der Waals surface area contributed by atoms with Crippen molar-refractivity contribution in [3.8, 4) is 0 Å². The number of likely N-dealkylation sites (tertiary alicyclic amines) is 1. The van der Waals surface area contributed by atoms with Gasteiger partial charge in [-0.15, -0.1) is 0 Å². The number of hydrogen-bond acceptors (Lipinski definition) is 5. The number of aromatic nitrogens is 3. The fraction of sp³-hybridized carbons (Fsp3) is 0.471. The minimum atomic E-state index is -0.130. The summed E-state index contributed by atoms with van der Waals surface area (Å²) in [5.41, 5.74) is 1.96. The number of anilines is 1. The Hall–Kier alpha value is -2.01. The van der Waals surface area contributed by atoms with Gasteiger partial charge < -0.3 is 5.32 Å². The predicted octanol–water partition coefficient (Wildman–Crippen LogP) is 2.73. The standard InChI is InChI=1S/C17H23N5/c1-13-11-15(18-3)21-16(20-13)17(2)8-6-10-22(17)12-14-7-4-5-9-19-14/h4-5,7,9,11H,6,8,10,12H2,1-3H3,(H,18,20,21). The molecule has 5 heteroatoms. The summed E-state index contributed by atoms with van der Waals surface area (Å²) in [6.07, 6.45) is 4.09. The molecule has 1 unspecified atom stereocenters. The van der Waals surface area contributed by atoms with Crippen molar-refractivity contribution in [3.63, 3.8) is 0 Å². The van der Waals surface area contributed by atoms with E-state index in [4.69, 9.17) is 9.97 Å². The molecule has 1 aliphatic heterocycles. The van der Waals surface area contributed by atoms with Gasteiger partial charge in [-0.25, -0.2) is 9.97 Å². The molecule has 0 saturated carbocycles. The van der Waals surface area contributed by atoms with Crippen molar-refractivity contribution in [2.75, 3.05) is 18.9 Å². The van der Waals surface area contributed by atoms with E-state index in [0.29, 0.717) is 0 Å². The molecule has 1 fully saturated rings. The van der Waals surface area contributed by atoms with Gasteiger partial charge in [0, 0.05) is 31.5 Å². The molecule has 2 aromatic heterocycles. The number of rotatable bonds is 4. The molecular weight excluding hydrogens is 274 g/mol. The van der Waals surface area contributed by atoms with Gasteiger partial charge >= 0.3 is 0 Å². The number of nitrogens with one attached hydrogen (secondary N) is 1. The lowest BCUT2D eigenvalue weighted by Gasteiger charge is -2.34. The first kappa shape index (κ1) is 14.9. The quantitative estimate of drug-likeness (QED) is 0.940. The average molecular weight is 297 g/mol. The van der Waals surface area contributed by atoms with Crippen LogP contribution in [0.4, 0.5) is 5.82 Å². The summed E-state index contributed by atoms with van der Waals surface area (Å²) < 4.78 is 0. The molecule has 116 valence electrons. The first-order valence-electron chi connectivity index (χ1n) is 7.81. The van der Waals surface area contributed by atoms with E-state index in [9.17, 15) is 0 Å². The maximum atomic E-state index is 4.71. The van der Waals surface area contributed by atoms with E-state index in [1.54, 1.807) is 0 Å². The second-order valence-electron chi connectivity index (χ2n) is 6.09. The third-order valence-electron chi connectivity index (χ3n) is 4.46. The minimum absolute atomic E-state index is 0.130. The molecule has 3 heterocycles. The van der Waals surface area contributed by atoms with Crippen LogP contribution in [0.5, 0.6) is 0 Å². The first-order valence-corrected chi connectivity index (χ1v) is 7.81. The molecular formula is C17H23N5. The molecule has 2 aromatic rings. The Bertz CT molecular complexity index is 643. The lowest BCUT2D eigenvalue weighted by molar-refractivity contribution is 0.136. The van der Waals surface area contributed by atoms with Gasteiger partial charge in [-0.1, -0.05) is 6.07 Å². The molecule has 3 rings (SSSR count). The number of hydrogen-bond donors (Lipinski definition) is 1. The molecule has 0 spiro atoms. The largest absolute Gasteiger partial charge is 0.373 e. The molecule has 22 heavy (non-hydrogen) atoms. The maximum Gasteiger partial charge on any atom is 0.150 e. The Morgan fingerprint density at radius 3 is 2.91 bits per heavy atom. The molecule has 0 aromatic carbocycles. The van der Waals surface area contributed by atoms with E-state index in [-0.39, 0.29) is 5.54 Å². The van der Waals surface area contributed by atoms with Crippen molar-refractivity contribution in [1.29, 1.82) is 0 Å². The van der Waals surface area contributed by atoms with E-state index in [2.05, 4.69) is 28.2 Å². The second-order valence-corrected chi connectivity index (χ2v) is 6.09. The van der Waals surface area contributed by atoms with Crippen LogP contribution in [0, 0.1) is 6.92 Å². The van der Waals surface area contributed by atoms with Crippen LogP contribution >= 0.6 is 0 Å². The van der Waals surface area contributed by atoms with Gasteiger partial charge in [0.15, 0.2) is 5.82 Å². The van der Waals surface area contributed by atoms with Crippen LogP contribution < -0.4 is 5.32 Å². The molecule has 1 saturated heterocycles. The van der Waals surface area contributed by atoms with Crippen molar-refractivity contribution in [1.82, 2.24) is 19.9 Å². The van der Waals surface area contributed by atoms with E-state index in [0.717, 1.165) is 49.0 Å². The Labute approximate surface area is 131 Å². The third-order valence-corrected chi connectivity index (χ3v) is 4.46. The van der Waals surface area contributed by atoms with Crippen LogP contribution in [0.3, 0.4) is 0 Å². The van der Waals surface area contributed by atoms with Crippen LogP contribution in [0.25, 0.3) is 0 Å². The smallest absolute Gasteiger partial charge is 0.150 e. The van der Waals surface area contributed by atoms with Gasteiger partial charge in [0.25, 0.3) is 0 Å². The Morgan fingerprint density at radius 1 is 1.32 bits per heavy atom. The summed E-state index contributed by atoms with van der Waals surface area (Å²) in [5.74, 6) is 1.79. The fourth-order valence-electron chi connectivity index (χ4n) is 3.15. The SMILES string of the molecule is CNc1cc(C)nc(C2(C)CCCN2Cc2ccccn2)n1. The van der Waals surface area contributed by atoms with Gasteiger partial charge in [0.1, 0.15) is 5.82 Å². The molecule has 1 N–H and O–H groups in total. The maximum absolute atomic E-state index is 4.71.